The molecule has 0 heterocycles. The van der Waals surface area contributed by atoms with E-state index in [1.54, 1.807) is 19.1 Å². The van der Waals surface area contributed by atoms with Crippen molar-refractivity contribution in [2.45, 2.75) is 25.7 Å². The van der Waals surface area contributed by atoms with Crippen LogP contribution in [0.1, 0.15) is 28.4 Å². The first-order valence-electron chi connectivity index (χ1n) is 7.06. The van der Waals surface area contributed by atoms with E-state index < -0.39 is 0 Å². The highest BCUT2D eigenvalue weighted by Gasteiger charge is 2.06. The fourth-order valence-electron chi connectivity index (χ4n) is 1.99. The number of hydrogen-bond acceptors (Lipinski definition) is 3. The van der Waals surface area contributed by atoms with Gasteiger partial charge >= 0.3 is 0 Å². The Morgan fingerprint density at radius 2 is 1.73 bits per heavy atom. The van der Waals surface area contributed by atoms with Gasteiger partial charge in [0.25, 0.3) is 0 Å². The Hall–Kier alpha value is -2.07. The van der Waals surface area contributed by atoms with E-state index in [0.717, 1.165) is 21.7 Å². The summed E-state index contributed by atoms with van der Waals surface area (Å²) in [5.74, 6) is 0.353. The predicted molar refractivity (Wildman–Crippen MR) is 91.7 cm³/mol. The van der Waals surface area contributed by atoms with Gasteiger partial charge in [0.1, 0.15) is 0 Å². The van der Waals surface area contributed by atoms with Crippen LogP contribution in [0.25, 0.3) is 0 Å². The summed E-state index contributed by atoms with van der Waals surface area (Å²) >= 11 is 1.45. The third kappa shape index (κ3) is 4.46. The number of anilines is 1. The molecule has 1 amide bonds. The van der Waals surface area contributed by atoms with E-state index in [1.165, 1.54) is 11.8 Å². The van der Waals surface area contributed by atoms with Crippen molar-refractivity contribution >= 4 is 29.1 Å². The maximum Gasteiger partial charge on any atom is 0.234 e. The van der Waals surface area contributed by atoms with Gasteiger partial charge in [-0.25, -0.2) is 0 Å². The Kier molecular flexibility index (Phi) is 5.39. The molecule has 0 aliphatic rings. The molecule has 3 nitrogen and oxygen atoms in total. The second-order valence-corrected chi connectivity index (χ2v) is 6.28. The van der Waals surface area contributed by atoms with Crippen molar-refractivity contribution in [3.63, 3.8) is 0 Å². The minimum atomic E-state index is -0.0330. The summed E-state index contributed by atoms with van der Waals surface area (Å²) in [5.41, 5.74) is 3.71. The number of Topliss-reactive ketones (excluding diaryl/α,β-unsaturated/α-hetero) is 1. The van der Waals surface area contributed by atoms with Crippen molar-refractivity contribution in [1.29, 1.82) is 0 Å². The topological polar surface area (TPSA) is 46.2 Å². The SMILES string of the molecule is CC(=O)c1ccc(SCC(=O)Nc2cc(C)ccc2C)cc1. The third-order valence-electron chi connectivity index (χ3n) is 3.30. The summed E-state index contributed by atoms with van der Waals surface area (Å²) in [4.78, 5) is 24.2. The fourth-order valence-corrected chi connectivity index (χ4v) is 2.69. The average molecular weight is 313 g/mol. The van der Waals surface area contributed by atoms with Crippen molar-refractivity contribution in [1.82, 2.24) is 0 Å². The molecule has 1 N–H and O–H groups in total. The Morgan fingerprint density at radius 3 is 2.36 bits per heavy atom. The molecule has 0 aliphatic heterocycles. The van der Waals surface area contributed by atoms with Crippen LogP contribution >= 0.6 is 11.8 Å². The van der Waals surface area contributed by atoms with Gasteiger partial charge in [-0.2, -0.15) is 0 Å². The second kappa shape index (κ2) is 7.27. The Balaban J connectivity index is 1.92. The van der Waals surface area contributed by atoms with Gasteiger partial charge in [-0.15, -0.1) is 11.8 Å². The molecule has 0 aliphatic carbocycles. The summed E-state index contributed by atoms with van der Waals surface area (Å²) in [6.07, 6.45) is 0. The first-order valence-corrected chi connectivity index (χ1v) is 8.05. The van der Waals surface area contributed by atoms with Gasteiger partial charge in [0.2, 0.25) is 5.91 Å². The van der Waals surface area contributed by atoms with Crippen LogP contribution in [-0.2, 0) is 4.79 Å². The highest BCUT2D eigenvalue weighted by Crippen LogP contribution is 2.20. The summed E-state index contributed by atoms with van der Waals surface area (Å²) in [5, 5.41) is 2.94. The van der Waals surface area contributed by atoms with Crippen molar-refractivity contribution in [2.24, 2.45) is 0 Å². The average Bonchev–Trinajstić information content (AvgIpc) is 2.49. The monoisotopic (exact) mass is 313 g/mol. The molecule has 0 unspecified atom stereocenters. The first-order chi connectivity index (χ1) is 10.5. The minimum absolute atomic E-state index is 0.0330. The number of carbonyl (C=O) groups excluding carboxylic acids is 2. The van der Waals surface area contributed by atoms with Crippen LogP contribution in [0.4, 0.5) is 5.69 Å². The molecule has 2 aromatic rings. The number of hydrogen-bond donors (Lipinski definition) is 1. The van der Waals surface area contributed by atoms with Crippen LogP contribution in [-0.4, -0.2) is 17.4 Å². The molecule has 0 fully saturated rings. The molecule has 0 aromatic heterocycles. The summed E-state index contributed by atoms with van der Waals surface area (Å²) in [7, 11) is 0. The zero-order valence-electron chi connectivity index (χ0n) is 13.0. The lowest BCUT2D eigenvalue weighted by Gasteiger charge is -2.09. The number of rotatable bonds is 5. The molecule has 0 saturated carbocycles. The van der Waals surface area contributed by atoms with Crippen LogP contribution in [0, 0.1) is 13.8 Å². The number of thioether (sulfide) groups is 1. The summed E-state index contributed by atoms with van der Waals surface area (Å²) in [6, 6.07) is 13.3. The molecule has 0 atom stereocenters. The number of carbonyl (C=O) groups is 2. The van der Waals surface area contributed by atoms with Gasteiger partial charge in [0.15, 0.2) is 5.78 Å². The van der Waals surface area contributed by atoms with E-state index in [-0.39, 0.29) is 11.7 Å². The molecule has 114 valence electrons. The lowest BCUT2D eigenvalue weighted by atomic mass is 10.1. The van der Waals surface area contributed by atoms with Crippen molar-refractivity contribution in [3.05, 3.63) is 59.2 Å². The highest BCUT2D eigenvalue weighted by atomic mass is 32.2. The number of nitrogens with one attached hydrogen (secondary N) is 1. The number of amides is 1. The molecule has 22 heavy (non-hydrogen) atoms. The van der Waals surface area contributed by atoms with Crippen LogP contribution in [0.2, 0.25) is 0 Å². The van der Waals surface area contributed by atoms with Crippen molar-refractivity contribution in [2.75, 3.05) is 11.1 Å². The van der Waals surface area contributed by atoms with Crippen LogP contribution in [0.15, 0.2) is 47.4 Å². The van der Waals surface area contributed by atoms with Crippen molar-refractivity contribution < 1.29 is 9.59 Å². The van der Waals surface area contributed by atoms with Gasteiger partial charge in [0, 0.05) is 16.1 Å². The smallest absolute Gasteiger partial charge is 0.234 e. The Morgan fingerprint density at radius 1 is 1.05 bits per heavy atom. The van der Waals surface area contributed by atoms with E-state index in [2.05, 4.69) is 5.32 Å². The minimum Gasteiger partial charge on any atom is -0.325 e. The van der Waals surface area contributed by atoms with Gasteiger partial charge in [-0.1, -0.05) is 24.3 Å². The summed E-state index contributed by atoms with van der Waals surface area (Å²) in [6.45, 7) is 5.52. The predicted octanol–water partition coefficient (Wildman–Crippen LogP) is 4.24. The second-order valence-electron chi connectivity index (χ2n) is 5.24. The number of benzene rings is 2. The maximum absolute atomic E-state index is 12.0. The molecule has 2 aromatic carbocycles. The van der Waals surface area contributed by atoms with Crippen LogP contribution in [0.3, 0.4) is 0 Å². The van der Waals surface area contributed by atoms with Crippen LogP contribution in [0.5, 0.6) is 0 Å². The van der Waals surface area contributed by atoms with E-state index in [1.807, 2.05) is 44.2 Å². The normalized spacial score (nSPS) is 10.3. The van der Waals surface area contributed by atoms with Gasteiger partial charge < -0.3 is 5.32 Å². The van der Waals surface area contributed by atoms with E-state index >= 15 is 0 Å². The lowest BCUT2D eigenvalue weighted by Crippen LogP contribution is -2.14. The maximum atomic E-state index is 12.0. The molecular formula is C18H19NO2S. The first kappa shape index (κ1) is 16.3. The zero-order chi connectivity index (χ0) is 16.1. The third-order valence-corrected chi connectivity index (χ3v) is 4.31. The number of aryl methyl sites for hydroxylation is 2. The van der Waals surface area contributed by atoms with Crippen molar-refractivity contribution in [3.8, 4) is 0 Å². The molecule has 0 radical (unpaired) electrons. The van der Waals surface area contributed by atoms with Crippen LogP contribution < -0.4 is 5.32 Å². The molecular weight excluding hydrogens is 294 g/mol. The Labute approximate surface area is 135 Å². The molecule has 0 bridgehead atoms. The van der Waals surface area contributed by atoms with E-state index in [4.69, 9.17) is 0 Å². The molecule has 0 saturated heterocycles. The van der Waals surface area contributed by atoms with E-state index in [0.29, 0.717) is 11.3 Å². The standard InChI is InChI=1S/C18H19NO2S/c1-12-4-5-13(2)17(10-12)19-18(21)11-22-16-8-6-15(7-9-16)14(3)20/h4-10H,11H2,1-3H3,(H,19,21). The lowest BCUT2D eigenvalue weighted by molar-refractivity contribution is -0.113. The van der Waals surface area contributed by atoms with Gasteiger partial charge in [-0.05, 0) is 50.1 Å². The highest BCUT2D eigenvalue weighted by molar-refractivity contribution is 8.00. The zero-order valence-corrected chi connectivity index (χ0v) is 13.8. The summed E-state index contributed by atoms with van der Waals surface area (Å²) < 4.78 is 0. The molecule has 0 spiro atoms. The number of ketones is 1. The molecule has 4 heteroatoms. The molecule has 2 rings (SSSR count). The van der Waals surface area contributed by atoms with Gasteiger partial charge in [0.05, 0.1) is 5.75 Å². The fraction of sp³-hybridized carbons (Fsp3) is 0.222. The van der Waals surface area contributed by atoms with Gasteiger partial charge in [-0.3, -0.25) is 9.59 Å². The Bertz CT molecular complexity index is 693. The van der Waals surface area contributed by atoms with E-state index in [9.17, 15) is 9.59 Å². The quantitative estimate of drug-likeness (QED) is 0.663. The largest absolute Gasteiger partial charge is 0.325 e.